The fraction of sp³-hybridized carbons (Fsp3) is 0.500. The first-order valence-corrected chi connectivity index (χ1v) is 7.98. The van der Waals surface area contributed by atoms with E-state index in [1.54, 1.807) is 12.1 Å². The standard InChI is InChI=1S/C14H17NO5S/c1-11-2-4-14(5-3-11)21(16,17)20-10-13-9-18-12(6-7-15)8-19-13/h2-5,12-13H,6,8-10H2,1H3/t12-,13-/m0/s1. The molecule has 1 saturated heterocycles. The number of aryl methyl sites for hydroxylation is 1. The molecule has 1 aliphatic heterocycles. The maximum Gasteiger partial charge on any atom is 0.297 e. The Hall–Kier alpha value is -1.46. The Bertz CT molecular complexity index is 597. The van der Waals surface area contributed by atoms with Crippen molar-refractivity contribution in [2.24, 2.45) is 0 Å². The lowest BCUT2D eigenvalue weighted by Crippen LogP contribution is -2.38. The average molecular weight is 311 g/mol. The first kappa shape index (κ1) is 15.9. The minimum atomic E-state index is -3.79. The highest BCUT2D eigenvalue weighted by molar-refractivity contribution is 7.86. The fourth-order valence-electron chi connectivity index (χ4n) is 1.84. The van der Waals surface area contributed by atoms with E-state index in [0.717, 1.165) is 5.56 Å². The predicted molar refractivity (Wildman–Crippen MR) is 74.0 cm³/mol. The van der Waals surface area contributed by atoms with E-state index in [2.05, 4.69) is 0 Å². The Morgan fingerprint density at radius 2 is 1.86 bits per heavy atom. The van der Waals surface area contributed by atoms with Crippen molar-refractivity contribution in [3.05, 3.63) is 29.8 Å². The molecule has 21 heavy (non-hydrogen) atoms. The van der Waals surface area contributed by atoms with E-state index in [9.17, 15) is 8.42 Å². The van der Waals surface area contributed by atoms with Gasteiger partial charge in [-0.25, -0.2) is 0 Å². The van der Waals surface area contributed by atoms with Crippen LogP contribution in [0.5, 0.6) is 0 Å². The molecule has 0 spiro atoms. The van der Waals surface area contributed by atoms with E-state index >= 15 is 0 Å². The summed E-state index contributed by atoms with van der Waals surface area (Å²) >= 11 is 0. The summed E-state index contributed by atoms with van der Waals surface area (Å²) in [6, 6.07) is 8.44. The number of hydrogen-bond donors (Lipinski definition) is 0. The Kier molecular flexibility index (Phi) is 5.31. The minimum absolute atomic E-state index is 0.102. The molecule has 0 saturated carbocycles. The molecular formula is C14H17NO5S. The highest BCUT2D eigenvalue weighted by atomic mass is 32.2. The second-order valence-electron chi connectivity index (χ2n) is 4.82. The highest BCUT2D eigenvalue weighted by Gasteiger charge is 2.25. The summed E-state index contributed by atoms with van der Waals surface area (Å²) in [7, 11) is -3.79. The topological polar surface area (TPSA) is 85.6 Å². The smallest absolute Gasteiger partial charge is 0.297 e. The Morgan fingerprint density at radius 3 is 2.43 bits per heavy atom. The molecule has 0 radical (unpaired) electrons. The van der Waals surface area contributed by atoms with Crippen LogP contribution < -0.4 is 0 Å². The molecule has 0 aliphatic carbocycles. The summed E-state index contributed by atoms with van der Waals surface area (Å²) in [4.78, 5) is 0.118. The minimum Gasteiger partial charge on any atom is -0.372 e. The lowest BCUT2D eigenvalue weighted by Gasteiger charge is -2.27. The molecule has 0 amide bonds. The van der Waals surface area contributed by atoms with Crippen molar-refractivity contribution in [1.29, 1.82) is 5.26 Å². The molecule has 0 bridgehead atoms. The average Bonchev–Trinajstić information content (AvgIpc) is 2.47. The van der Waals surface area contributed by atoms with Crippen LogP contribution in [0.15, 0.2) is 29.2 Å². The Labute approximate surface area is 124 Å². The monoisotopic (exact) mass is 311 g/mol. The third kappa shape index (κ3) is 4.51. The van der Waals surface area contributed by atoms with Crippen molar-refractivity contribution >= 4 is 10.1 Å². The second-order valence-corrected chi connectivity index (χ2v) is 6.44. The van der Waals surface area contributed by atoms with Gasteiger partial charge in [0.05, 0.1) is 43.3 Å². The molecule has 0 N–H and O–H groups in total. The van der Waals surface area contributed by atoms with Gasteiger partial charge < -0.3 is 9.47 Å². The van der Waals surface area contributed by atoms with Gasteiger partial charge in [-0.05, 0) is 19.1 Å². The summed E-state index contributed by atoms with van der Waals surface area (Å²) in [6.07, 6.45) is -0.435. The summed E-state index contributed by atoms with van der Waals surface area (Å²) in [5.41, 5.74) is 0.974. The lowest BCUT2D eigenvalue weighted by atomic mass is 10.2. The molecule has 6 nitrogen and oxygen atoms in total. The highest BCUT2D eigenvalue weighted by Crippen LogP contribution is 2.16. The van der Waals surface area contributed by atoms with Crippen LogP contribution >= 0.6 is 0 Å². The van der Waals surface area contributed by atoms with Crippen LogP contribution in [0.3, 0.4) is 0 Å². The van der Waals surface area contributed by atoms with Gasteiger partial charge >= 0.3 is 0 Å². The fourth-order valence-corrected chi connectivity index (χ4v) is 2.77. The van der Waals surface area contributed by atoms with Gasteiger partial charge in [-0.1, -0.05) is 17.7 Å². The summed E-state index contributed by atoms with van der Waals surface area (Å²) < 4.78 is 39.8. The molecule has 1 aromatic carbocycles. The molecule has 2 atom stereocenters. The lowest BCUT2D eigenvalue weighted by molar-refractivity contribution is -0.139. The molecule has 1 heterocycles. The number of nitriles is 1. The Balaban J connectivity index is 1.86. The zero-order valence-electron chi connectivity index (χ0n) is 11.7. The second kappa shape index (κ2) is 7.00. The molecular weight excluding hydrogens is 294 g/mol. The zero-order chi connectivity index (χ0) is 15.3. The van der Waals surface area contributed by atoms with Gasteiger partial charge in [-0.15, -0.1) is 0 Å². The molecule has 114 valence electrons. The van der Waals surface area contributed by atoms with Crippen molar-refractivity contribution in [1.82, 2.24) is 0 Å². The molecule has 0 unspecified atom stereocenters. The maximum atomic E-state index is 12.0. The molecule has 2 rings (SSSR count). The quantitative estimate of drug-likeness (QED) is 0.764. The van der Waals surface area contributed by atoms with Crippen molar-refractivity contribution in [3.8, 4) is 6.07 Å². The number of hydrogen-bond acceptors (Lipinski definition) is 6. The van der Waals surface area contributed by atoms with Gasteiger partial charge in [0.25, 0.3) is 10.1 Å². The van der Waals surface area contributed by atoms with Crippen LogP contribution in [0.4, 0.5) is 0 Å². The number of ether oxygens (including phenoxy) is 2. The van der Waals surface area contributed by atoms with Crippen molar-refractivity contribution in [2.45, 2.75) is 30.4 Å². The van der Waals surface area contributed by atoms with Gasteiger partial charge in [0.1, 0.15) is 6.10 Å². The molecule has 7 heteroatoms. The van der Waals surface area contributed by atoms with Crippen LogP contribution in [0.25, 0.3) is 0 Å². The van der Waals surface area contributed by atoms with Gasteiger partial charge in [-0.3, -0.25) is 4.18 Å². The van der Waals surface area contributed by atoms with Gasteiger partial charge in [0.2, 0.25) is 0 Å². The summed E-state index contributed by atoms with van der Waals surface area (Å²) in [5.74, 6) is 0. The third-order valence-corrected chi connectivity index (χ3v) is 4.37. The van der Waals surface area contributed by atoms with E-state index < -0.39 is 16.2 Å². The van der Waals surface area contributed by atoms with Crippen LogP contribution in [-0.4, -0.2) is 40.4 Å². The normalized spacial score (nSPS) is 22.7. The van der Waals surface area contributed by atoms with Gasteiger partial charge in [0, 0.05) is 0 Å². The third-order valence-electron chi connectivity index (χ3n) is 3.07. The molecule has 0 aromatic heterocycles. The van der Waals surface area contributed by atoms with Crippen LogP contribution in [0.2, 0.25) is 0 Å². The van der Waals surface area contributed by atoms with Crippen LogP contribution in [0.1, 0.15) is 12.0 Å². The van der Waals surface area contributed by atoms with E-state index in [0.29, 0.717) is 0 Å². The van der Waals surface area contributed by atoms with Crippen molar-refractivity contribution < 1.29 is 22.1 Å². The number of nitrogens with zero attached hydrogens (tertiary/aromatic N) is 1. The van der Waals surface area contributed by atoms with E-state index in [1.165, 1.54) is 12.1 Å². The molecule has 1 aliphatic rings. The van der Waals surface area contributed by atoms with Crippen LogP contribution in [-0.2, 0) is 23.8 Å². The molecule has 1 aromatic rings. The predicted octanol–water partition coefficient (Wildman–Crippen LogP) is 1.40. The van der Waals surface area contributed by atoms with Gasteiger partial charge in [0.15, 0.2) is 0 Å². The van der Waals surface area contributed by atoms with E-state index in [-0.39, 0.29) is 37.2 Å². The number of rotatable bonds is 5. The Morgan fingerprint density at radius 1 is 1.24 bits per heavy atom. The van der Waals surface area contributed by atoms with Gasteiger partial charge in [-0.2, -0.15) is 13.7 Å². The van der Waals surface area contributed by atoms with E-state index in [1.807, 2.05) is 13.0 Å². The van der Waals surface area contributed by atoms with E-state index in [4.69, 9.17) is 18.9 Å². The van der Waals surface area contributed by atoms with Crippen molar-refractivity contribution in [3.63, 3.8) is 0 Å². The first-order valence-electron chi connectivity index (χ1n) is 6.57. The molecule has 1 fully saturated rings. The largest absolute Gasteiger partial charge is 0.372 e. The summed E-state index contributed by atoms with van der Waals surface area (Å²) in [6.45, 7) is 2.26. The number of benzene rings is 1. The van der Waals surface area contributed by atoms with Crippen molar-refractivity contribution in [2.75, 3.05) is 19.8 Å². The SMILES string of the molecule is Cc1ccc(S(=O)(=O)OC[C@@H]2CO[C@@H](CC#N)CO2)cc1. The first-order chi connectivity index (χ1) is 10.0. The maximum absolute atomic E-state index is 12.0. The van der Waals surface area contributed by atoms with Crippen LogP contribution in [0, 0.1) is 18.3 Å². The summed E-state index contributed by atoms with van der Waals surface area (Å²) in [5, 5.41) is 8.55. The zero-order valence-corrected chi connectivity index (χ0v) is 12.5.